The van der Waals surface area contributed by atoms with Crippen molar-refractivity contribution >= 4 is 15.9 Å². The molecule has 0 spiro atoms. The minimum atomic E-state index is -3.64. The normalized spacial score (nSPS) is 16.7. The molecule has 7 nitrogen and oxygen atoms in total. The molecule has 29 heavy (non-hydrogen) atoms. The fraction of sp³-hybridized carbons (Fsp3) is 0.524. The molecule has 1 amide bonds. The van der Waals surface area contributed by atoms with Crippen molar-refractivity contribution < 1.29 is 17.7 Å². The number of nitrogens with one attached hydrogen (secondary N) is 1. The third-order valence-electron chi connectivity index (χ3n) is 5.37. The van der Waals surface area contributed by atoms with Crippen molar-refractivity contribution in [2.75, 3.05) is 13.1 Å². The molecule has 1 fully saturated rings. The van der Waals surface area contributed by atoms with Crippen LogP contribution < -0.4 is 5.32 Å². The zero-order chi connectivity index (χ0) is 21.4. The molecule has 0 radical (unpaired) electrons. The molecule has 1 aromatic heterocycles. The van der Waals surface area contributed by atoms with Crippen LogP contribution in [0.3, 0.4) is 0 Å². The number of amides is 1. The van der Waals surface area contributed by atoms with Gasteiger partial charge in [0.2, 0.25) is 10.0 Å². The van der Waals surface area contributed by atoms with E-state index in [4.69, 9.17) is 4.52 Å². The number of nitrogens with zero attached hydrogens (tertiary/aromatic N) is 2. The minimum absolute atomic E-state index is 0.0363. The third-order valence-corrected chi connectivity index (χ3v) is 7.51. The Bertz CT molecular complexity index is 960. The Kier molecular flexibility index (Phi) is 5.87. The Labute approximate surface area is 172 Å². The molecule has 1 aliphatic rings. The fourth-order valence-corrected chi connectivity index (χ4v) is 5.36. The SMILES string of the molecule is Cc1noc(C)c1S(=O)(=O)N1CCC(NC(=O)c2ccc(C(C)(C)C)cc2)CC1. The Morgan fingerprint density at radius 3 is 2.21 bits per heavy atom. The molecule has 8 heteroatoms. The first-order chi connectivity index (χ1) is 13.5. The average molecular weight is 420 g/mol. The molecule has 1 aromatic carbocycles. The van der Waals surface area contributed by atoms with Crippen LogP contribution in [0, 0.1) is 13.8 Å². The number of carbonyl (C=O) groups excluding carboxylic acids is 1. The van der Waals surface area contributed by atoms with E-state index in [2.05, 4.69) is 31.2 Å². The number of sulfonamides is 1. The number of benzene rings is 1. The van der Waals surface area contributed by atoms with Crippen LogP contribution in [0.25, 0.3) is 0 Å². The van der Waals surface area contributed by atoms with Crippen LogP contribution in [-0.4, -0.2) is 42.9 Å². The molecule has 1 N–H and O–H groups in total. The maximum atomic E-state index is 12.9. The Morgan fingerprint density at radius 2 is 1.72 bits per heavy atom. The van der Waals surface area contributed by atoms with Gasteiger partial charge in [-0.2, -0.15) is 4.31 Å². The molecule has 1 aliphatic heterocycles. The van der Waals surface area contributed by atoms with Crippen molar-refractivity contribution in [3.63, 3.8) is 0 Å². The zero-order valence-corrected chi connectivity index (χ0v) is 18.5. The lowest BCUT2D eigenvalue weighted by molar-refractivity contribution is 0.0924. The summed E-state index contributed by atoms with van der Waals surface area (Å²) >= 11 is 0. The van der Waals surface area contributed by atoms with Gasteiger partial charge in [-0.05, 0) is 49.8 Å². The van der Waals surface area contributed by atoms with Gasteiger partial charge in [-0.3, -0.25) is 4.79 Å². The van der Waals surface area contributed by atoms with E-state index >= 15 is 0 Å². The van der Waals surface area contributed by atoms with Crippen LogP contribution in [0.1, 0.15) is 61.0 Å². The Morgan fingerprint density at radius 1 is 1.14 bits per heavy atom. The number of hydrogen-bond donors (Lipinski definition) is 1. The molecule has 2 heterocycles. The van der Waals surface area contributed by atoms with Crippen LogP contribution >= 0.6 is 0 Å². The standard InChI is InChI=1S/C21H29N3O4S/c1-14-19(15(2)28-23-14)29(26,27)24-12-10-18(11-13-24)22-20(25)16-6-8-17(9-7-16)21(3,4)5/h6-9,18H,10-13H2,1-5H3,(H,22,25). The predicted molar refractivity (Wildman–Crippen MR) is 110 cm³/mol. The topological polar surface area (TPSA) is 92.5 Å². The van der Waals surface area contributed by atoms with Gasteiger partial charge in [0.25, 0.3) is 5.91 Å². The van der Waals surface area contributed by atoms with E-state index in [1.54, 1.807) is 13.8 Å². The summed E-state index contributed by atoms with van der Waals surface area (Å²) in [6, 6.07) is 7.59. The summed E-state index contributed by atoms with van der Waals surface area (Å²) in [7, 11) is -3.64. The lowest BCUT2D eigenvalue weighted by Gasteiger charge is -2.31. The van der Waals surface area contributed by atoms with Gasteiger partial charge in [0.1, 0.15) is 10.6 Å². The number of aryl methyl sites for hydroxylation is 2. The summed E-state index contributed by atoms with van der Waals surface area (Å²) in [5, 5.41) is 6.78. The van der Waals surface area contributed by atoms with E-state index in [0.29, 0.717) is 42.9 Å². The molecule has 3 rings (SSSR count). The lowest BCUT2D eigenvalue weighted by atomic mass is 9.86. The summed E-state index contributed by atoms with van der Waals surface area (Å²) in [5.74, 6) is 0.175. The number of carbonyl (C=O) groups is 1. The highest BCUT2D eigenvalue weighted by molar-refractivity contribution is 7.89. The van der Waals surface area contributed by atoms with Crippen LogP contribution in [0.5, 0.6) is 0 Å². The van der Waals surface area contributed by atoms with E-state index in [9.17, 15) is 13.2 Å². The highest BCUT2D eigenvalue weighted by Gasteiger charge is 2.34. The van der Waals surface area contributed by atoms with Gasteiger partial charge in [-0.1, -0.05) is 38.1 Å². The van der Waals surface area contributed by atoms with Crippen molar-refractivity contribution in [2.24, 2.45) is 0 Å². The third kappa shape index (κ3) is 4.53. The molecule has 2 aromatic rings. The summed E-state index contributed by atoms with van der Waals surface area (Å²) in [4.78, 5) is 12.7. The van der Waals surface area contributed by atoms with E-state index in [-0.39, 0.29) is 22.3 Å². The van der Waals surface area contributed by atoms with Crippen LogP contribution in [0.15, 0.2) is 33.7 Å². The largest absolute Gasteiger partial charge is 0.360 e. The second kappa shape index (κ2) is 7.91. The van der Waals surface area contributed by atoms with E-state index in [1.807, 2.05) is 24.3 Å². The van der Waals surface area contributed by atoms with E-state index < -0.39 is 10.0 Å². The van der Waals surface area contributed by atoms with Gasteiger partial charge < -0.3 is 9.84 Å². The van der Waals surface area contributed by atoms with Crippen LogP contribution in [0.4, 0.5) is 0 Å². The molecule has 0 bridgehead atoms. The molecule has 0 saturated carbocycles. The highest BCUT2D eigenvalue weighted by atomic mass is 32.2. The van der Waals surface area contributed by atoms with Gasteiger partial charge in [0.15, 0.2) is 5.76 Å². The van der Waals surface area contributed by atoms with Gasteiger partial charge in [0, 0.05) is 24.7 Å². The maximum Gasteiger partial charge on any atom is 0.251 e. The van der Waals surface area contributed by atoms with E-state index in [1.165, 1.54) is 9.87 Å². The molecule has 0 atom stereocenters. The van der Waals surface area contributed by atoms with Gasteiger partial charge in [-0.15, -0.1) is 0 Å². The van der Waals surface area contributed by atoms with Crippen molar-refractivity contribution in [3.05, 3.63) is 46.8 Å². The molecule has 0 unspecified atom stereocenters. The van der Waals surface area contributed by atoms with E-state index in [0.717, 1.165) is 0 Å². The van der Waals surface area contributed by atoms with Crippen molar-refractivity contribution in [2.45, 2.75) is 63.8 Å². The number of hydrogen-bond acceptors (Lipinski definition) is 5. The molecular weight excluding hydrogens is 390 g/mol. The second-order valence-electron chi connectivity index (χ2n) is 8.63. The first-order valence-corrected chi connectivity index (χ1v) is 11.3. The monoisotopic (exact) mass is 419 g/mol. The van der Waals surface area contributed by atoms with Crippen molar-refractivity contribution in [3.8, 4) is 0 Å². The molecular formula is C21H29N3O4S. The first kappa shape index (κ1) is 21.5. The molecule has 1 saturated heterocycles. The van der Waals surface area contributed by atoms with Crippen molar-refractivity contribution in [1.82, 2.24) is 14.8 Å². The Hall–Kier alpha value is -2.19. The van der Waals surface area contributed by atoms with Gasteiger partial charge in [0.05, 0.1) is 0 Å². The maximum absolute atomic E-state index is 12.9. The minimum Gasteiger partial charge on any atom is -0.360 e. The smallest absolute Gasteiger partial charge is 0.251 e. The summed E-state index contributed by atoms with van der Waals surface area (Å²) < 4.78 is 32.2. The molecule has 158 valence electrons. The lowest BCUT2D eigenvalue weighted by Crippen LogP contribution is -2.46. The Balaban J connectivity index is 1.60. The van der Waals surface area contributed by atoms with Crippen LogP contribution in [-0.2, 0) is 15.4 Å². The first-order valence-electron chi connectivity index (χ1n) is 9.84. The quantitative estimate of drug-likeness (QED) is 0.822. The second-order valence-corrected chi connectivity index (χ2v) is 10.5. The number of rotatable bonds is 4. The average Bonchev–Trinajstić information content (AvgIpc) is 3.00. The predicted octanol–water partition coefficient (Wildman–Crippen LogP) is 3.17. The number of piperidine rings is 1. The summed E-state index contributed by atoms with van der Waals surface area (Å²) in [6.45, 7) is 10.3. The summed E-state index contributed by atoms with van der Waals surface area (Å²) in [5.41, 5.74) is 2.20. The molecule has 0 aliphatic carbocycles. The zero-order valence-electron chi connectivity index (χ0n) is 17.7. The fourth-order valence-electron chi connectivity index (χ4n) is 3.60. The van der Waals surface area contributed by atoms with Crippen LogP contribution in [0.2, 0.25) is 0 Å². The van der Waals surface area contributed by atoms with Gasteiger partial charge in [-0.25, -0.2) is 8.42 Å². The summed E-state index contributed by atoms with van der Waals surface area (Å²) in [6.07, 6.45) is 1.13. The van der Waals surface area contributed by atoms with Gasteiger partial charge >= 0.3 is 0 Å². The van der Waals surface area contributed by atoms with Crippen molar-refractivity contribution in [1.29, 1.82) is 0 Å². The highest BCUT2D eigenvalue weighted by Crippen LogP contribution is 2.26. The number of aromatic nitrogens is 1.